The molecule has 1 heterocycles. The molecule has 0 aliphatic rings. The topological polar surface area (TPSA) is 64.9 Å². The Morgan fingerprint density at radius 3 is 2.19 bits per heavy atom. The number of benzene rings is 1. The minimum absolute atomic E-state index is 0.145. The van der Waals surface area contributed by atoms with E-state index in [0.29, 0.717) is 5.89 Å². The van der Waals surface area contributed by atoms with E-state index < -0.39 is 0 Å². The molecule has 1 aromatic heterocycles. The lowest BCUT2D eigenvalue weighted by Crippen LogP contribution is -2.10. The van der Waals surface area contributed by atoms with E-state index in [2.05, 4.69) is 43.0 Å². The zero-order chi connectivity index (χ0) is 11.8. The van der Waals surface area contributed by atoms with Crippen molar-refractivity contribution < 1.29 is 4.52 Å². The van der Waals surface area contributed by atoms with Gasteiger partial charge in [0.2, 0.25) is 0 Å². The fourth-order valence-corrected chi connectivity index (χ4v) is 1.46. The molecule has 0 spiro atoms. The molecule has 0 saturated carbocycles. The van der Waals surface area contributed by atoms with E-state index in [9.17, 15) is 0 Å². The highest BCUT2D eigenvalue weighted by atomic mass is 16.5. The van der Waals surface area contributed by atoms with E-state index in [0.717, 1.165) is 5.56 Å². The number of nitrogens with two attached hydrogens (primary N) is 1. The van der Waals surface area contributed by atoms with E-state index in [1.807, 2.05) is 12.1 Å². The highest BCUT2D eigenvalue weighted by Gasteiger charge is 2.14. The molecule has 0 bridgehead atoms. The normalized spacial score (nSPS) is 11.7. The summed E-state index contributed by atoms with van der Waals surface area (Å²) in [6.45, 7) is 6.52. The van der Waals surface area contributed by atoms with Gasteiger partial charge in [-0.2, -0.15) is 4.98 Å². The van der Waals surface area contributed by atoms with Gasteiger partial charge in [0, 0.05) is 5.56 Å². The summed E-state index contributed by atoms with van der Waals surface area (Å²) in [5, 5.41) is 3.56. The molecular weight excluding hydrogens is 202 g/mol. The smallest absolute Gasteiger partial charge is 0.261 e. The van der Waals surface area contributed by atoms with Gasteiger partial charge in [-0.25, -0.2) is 0 Å². The van der Waals surface area contributed by atoms with Gasteiger partial charge >= 0.3 is 0 Å². The molecular formula is C12H15N3O. The molecule has 0 radical (unpaired) electrons. The first kappa shape index (κ1) is 10.7. The Hall–Kier alpha value is -1.84. The Bertz CT molecular complexity index is 480. The predicted molar refractivity (Wildman–Crippen MR) is 62.8 cm³/mol. The molecule has 1 aromatic carbocycles. The van der Waals surface area contributed by atoms with Crippen LogP contribution in [0, 0.1) is 0 Å². The van der Waals surface area contributed by atoms with E-state index in [-0.39, 0.29) is 11.4 Å². The fraction of sp³-hybridized carbons (Fsp3) is 0.333. The second kappa shape index (κ2) is 3.63. The largest absolute Gasteiger partial charge is 0.365 e. The van der Waals surface area contributed by atoms with E-state index in [1.165, 1.54) is 5.56 Å². The fourth-order valence-electron chi connectivity index (χ4n) is 1.46. The van der Waals surface area contributed by atoms with Crippen molar-refractivity contribution in [1.29, 1.82) is 0 Å². The van der Waals surface area contributed by atoms with Gasteiger partial charge in [0.15, 0.2) is 0 Å². The van der Waals surface area contributed by atoms with Gasteiger partial charge in [0.25, 0.3) is 11.8 Å². The van der Waals surface area contributed by atoms with Gasteiger partial charge in [0.05, 0.1) is 0 Å². The maximum Gasteiger partial charge on any atom is 0.261 e. The van der Waals surface area contributed by atoms with Crippen LogP contribution in [-0.4, -0.2) is 10.1 Å². The summed E-state index contributed by atoms with van der Waals surface area (Å²) in [5.74, 6) is 0.618. The van der Waals surface area contributed by atoms with Gasteiger partial charge in [-0.05, 0) is 28.3 Å². The van der Waals surface area contributed by atoms with Crippen LogP contribution in [-0.2, 0) is 5.41 Å². The molecule has 0 aliphatic carbocycles. The SMILES string of the molecule is CC(C)(C)c1ccc(-c2nc(N)no2)cc1. The average Bonchev–Trinajstić information content (AvgIpc) is 2.64. The predicted octanol–water partition coefficient (Wildman–Crippen LogP) is 2.62. The van der Waals surface area contributed by atoms with Gasteiger partial charge in [-0.15, -0.1) is 0 Å². The molecule has 84 valence electrons. The van der Waals surface area contributed by atoms with Gasteiger partial charge in [0.1, 0.15) is 0 Å². The monoisotopic (exact) mass is 217 g/mol. The van der Waals surface area contributed by atoms with Gasteiger partial charge in [-0.1, -0.05) is 32.9 Å². The highest BCUT2D eigenvalue weighted by Crippen LogP contribution is 2.25. The van der Waals surface area contributed by atoms with Crippen LogP contribution in [0.2, 0.25) is 0 Å². The maximum absolute atomic E-state index is 5.40. The van der Waals surface area contributed by atoms with Crippen molar-refractivity contribution in [3.63, 3.8) is 0 Å². The second-order valence-electron chi connectivity index (χ2n) is 4.79. The third-order valence-electron chi connectivity index (χ3n) is 2.44. The molecule has 2 aromatic rings. The van der Waals surface area contributed by atoms with Crippen LogP contribution in [0.15, 0.2) is 28.8 Å². The summed E-state index contributed by atoms with van der Waals surface area (Å²) in [5.41, 5.74) is 7.70. The molecule has 0 amide bonds. The third-order valence-corrected chi connectivity index (χ3v) is 2.44. The minimum Gasteiger partial charge on any atom is -0.365 e. The summed E-state index contributed by atoms with van der Waals surface area (Å²) >= 11 is 0. The molecule has 0 unspecified atom stereocenters. The van der Waals surface area contributed by atoms with Gasteiger partial charge < -0.3 is 10.3 Å². The molecule has 16 heavy (non-hydrogen) atoms. The molecule has 0 fully saturated rings. The lowest BCUT2D eigenvalue weighted by atomic mass is 9.87. The zero-order valence-electron chi connectivity index (χ0n) is 9.69. The molecule has 0 saturated heterocycles. The zero-order valence-corrected chi connectivity index (χ0v) is 9.69. The van der Waals surface area contributed by atoms with E-state index in [1.54, 1.807) is 0 Å². The summed E-state index contributed by atoms with van der Waals surface area (Å²) < 4.78 is 4.99. The highest BCUT2D eigenvalue weighted by molar-refractivity contribution is 5.54. The van der Waals surface area contributed by atoms with Gasteiger partial charge in [-0.3, -0.25) is 0 Å². The van der Waals surface area contributed by atoms with Crippen LogP contribution in [0.5, 0.6) is 0 Å². The standard InChI is InChI=1S/C12H15N3O/c1-12(2,3)9-6-4-8(5-7-9)10-14-11(13)15-16-10/h4-7H,1-3H3,(H2,13,15). The Morgan fingerprint density at radius 2 is 1.75 bits per heavy atom. The van der Waals surface area contributed by atoms with Crippen molar-refractivity contribution in [2.75, 3.05) is 5.73 Å². The number of hydrogen-bond donors (Lipinski definition) is 1. The number of rotatable bonds is 1. The molecule has 2 rings (SSSR count). The summed E-state index contributed by atoms with van der Waals surface area (Å²) in [7, 11) is 0. The molecule has 2 N–H and O–H groups in total. The lowest BCUT2D eigenvalue weighted by Gasteiger charge is -2.18. The molecule has 0 atom stereocenters. The van der Waals surface area contributed by atoms with E-state index in [4.69, 9.17) is 10.3 Å². The first-order valence-corrected chi connectivity index (χ1v) is 5.17. The van der Waals surface area contributed by atoms with Crippen LogP contribution in [0.1, 0.15) is 26.3 Å². The molecule has 4 heteroatoms. The average molecular weight is 217 g/mol. The van der Waals surface area contributed by atoms with Crippen molar-refractivity contribution >= 4 is 5.95 Å². The number of hydrogen-bond acceptors (Lipinski definition) is 4. The number of nitrogens with zero attached hydrogens (tertiary/aromatic N) is 2. The number of aromatic nitrogens is 2. The van der Waals surface area contributed by atoms with Crippen LogP contribution in [0.4, 0.5) is 5.95 Å². The summed E-state index contributed by atoms with van der Waals surface area (Å²) in [6.07, 6.45) is 0. The first-order chi connectivity index (χ1) is 7.47. The summed E-state index contributed by atoms with van der Waals surface area (Å²) in [4.78, 5) is 3.97. The number of anilines is 1. The van der Waals surface area contributed by atoms with Crippen molar-refractivity contribution in [3.8, 4) is 11.5 Å². The Labute approximate surface area is 94.5 Å². The van der Waals surface area contributed by atoms with Crippen molar-refractivity contribution in [2.24, 2.45) is 0 Å². The van der Waals surface area contributed by atoms with Crippen molar-refractivity contribution in [1.82, 2.24) is 10.1 Å². The molecule has 0 aliphatic heterocycles. The van der Waals surface area contributed by atoms with Crippen molar-refractivity contribution in [3.05, 3.63) is 29.8 Å². The van der Waals surface area contributed by atoms with Crippen LogP contribution >= 0.6 is 0 Å². The second-order valence-corrected chi connectivity index (χ2v) is 4.79. The Balaban J connectivity index is 2.33. The summed E-state index contributed by atoms with van der Waals surface area (Å²) in [6, 6.07) is 8.06. The van der Waals surface area contributed by atoms with Crippen molar-refractivity contribution in [2.45, 2.75) is 26.2 Å². The Morgan fingerprint density at radius 1 is 1.12 bits per heavy atom. The number of nitrogen functional groups attached to an aromatic ring is 1. The van der Waals surface area contributed by atoms with E-state index >= 15 is 0 Å². The van der Waals surface area contributed by atoms with Crippen LogP contribution in [0.3, 0.4) is 0 Å². The lowest BCUT2D eigenvalue weighted by molar-refractivity contribution is 0.433. The quantitative estimate of drug-likeness (QED) is 0.797. The maximum atomic E-state index is 5.40. The first-order valence-electron chi connectivity index (χ1n) is 5.17. The Kier molecular flexibility index (Phi) is 2.42. The molecule has 4 nitrogen and oxygen atoms in total. The van der Waals surface area contributed by atoms with Crippen LogP contribution < -0.4 is 5.73 Å². The minimum atomic E-state index is 0.145. The van der Waals surface area contributed by atoms with Crippen LogP contribution in [0.25, 0.3) is 11.5 Å². The third kappa shape index (κ3) is 2.05.